The normalized spacial score (nSPS) is 14.5. The summed E-state index contributed by atoms with van der Waals surface area (Å²) in [6.45, 7) is 2.35. The molecular formula is C20H23NO5. The van der Waals surface area contributed by atoms with Crippen molar-refractivity contribution in [2.75, 3.05) is 5.32 Å². The van der Waals surface area contributed by atoms with Gasteiger partial charge < -0.3 is 19.6 Å². The topological polar surface area (TPSA) is 88.8 Å². The molecule has 0 aliphatic heterocycles. The Morgan fingerprint density at radius 2 is 1.92 bits per heavy atom. The van der Waals surface area contributed by atoms with Gasteiger partial charge in [0.1, 0.15) is 11.3 Å². The third-order valence-corrected chi connectivity index (χ3v) is 4.58. The summed E-state index contributed by atoms with van der Waals surface area (Å²) < 4.78 is 11.2. The highest BCUT2D eigenvalue weighted by Gasteiger charge is 2.20. The van der Waals surface area contributed by atoms with Gasteiger partial charge in [-0.1, -0.05) is 31.9 Å². The van der Waals surface area contributed by atoms with Gasteiger partial charge in [0.05, 0.1) is 12.7 Å². The van der Waals surface area contributed by atoms with Crippen molar-refractivity contribution in [3.05, 3.63) is 53.0 Å². The summed E-state index contributed by atoms with van der Waals surface area (Å²) in [5, 5.41) is 11.9. The van der Waals surface area contributed by atoms with Crippen LogP contribution in [-0.2, 0) is 17.8 Å². The van der Waals surface area contributed by atoms with Gasteiger partial charge in [0.15, 0.2) is 5.76 Å². The number of amides is 1. The molecule has 1 heterocycles. The van der Waals surface area contributed by atoms with Crippen molar-refractivity contribution in [3.8, 4) is 0 Å². The van der Waals surface area contributed by atoms with E-state index in [1.54, 1.807) is 19.1 Å². The van der Waals surface area contributed by atoms with Crippen LogP contribution < -0.4 is 5.32 Å². The Morgan fingerprint density at radius 1 is 1.23 bits per heavy atom. The van der Waals surface area contributed by atoms with Crippen LogP contribution in [0.2, 0.25) is 0 Å². The quantitative estimate of drug-likeness (QED) is 0.773. The average Bonchev–Trinajstić information content (AvgIpc) is 3.30. The van der Waals surface area contributed by atoms with E-state index in [1.807, 2.05) is 12.1 Å². The Hall–Kier alpha value is -2.60. The molecule has 0 spiro atoms. The van der Waals surface area contributed by atoms with Gasteiger partial charge in [-0.25, -0.2) is 4.79 Å². The minimum Gasteiger partial charge on any atom is -0.478 e. The van der Waals surface area contributed by atoms with E-state index in [9.17, 15) is 9.59 Å². The van der Waals surface area contributed by atoms with E-state index in [0.717, 1.165) is 18.4 Å². The largest absolute Gasteiger partial charge is 0.478 e. The second-order valence-electron chi connectivity index (χ2n) is 6.47. The van der Waals surface area contributed by atoms with Gasteiger partial charge >= 0.3 is 5.97 Å². The number of hydrogen-bond acceptors (Lipinski definition) is 4. The Balaban J connectivity index is 1.59. The van der Waals surface area contributed by atoms with Crippen LogP contribution in [-0.4, -0.2) is 23.1 Å². The molecule has 0 atom stereocenters. The number of carboxylic acid groups (broad SMARTS) is 1. The number of carbonyl (C=O) groups is 2. The van der Waals surface area contributed by atoms with Crippen LogP contribution >= 0.6 is 0 Å². The smallest absolute Gasteiger partial charge is 0.339 e. The van der Waals surface area contributed by atoms with Crippen molar-refractivity contribution in [2.45, 2.75) is 51.7 Å². The van der Waals surface area contributed by atoms with Gasteiger partial charge in [-0.15, -0.1) is 0 Å². The van der Waals surface area contributed by atoms with E-state index >= 15 is 0 Å². The number of benzene rings is 1. The number of carboxylic acids is 1. The maximum absolute atomic E-state index is 12.3. The highest BCUT2D eigenvalue weighted by molar-refractivity contribution is 6.04. The number of furan rings is 1. The van der Waals surface area contributed by atoms with E-state index in [-0.39, 0.29) is 11.3 Å². The maximum Gasteiger partial charge on any atom is 0.339 e. The predicted octanol–water partition coefficient (Wildman–Crippen LogP) is 4.25. The van der Waals surface area contributed by atoms with Gasteiger partial charge in [-0.3, -0.25) is 4.79 Å². The van der Waals surface area contributed by atoms with Crippen LogP contribution in [0.15, 0.2) is 34.7 Å². The highest BCUT2D eigenvalue weighted by Crippen LogP contribution is 2.23. The monoisotopic (exact) mass is 357 g/mol. The van der Waals surface area contributed by atoms with Gasteiger partial charge in [0, 0.05) is 18.2 Å². The zero-order valence-electron chi connectivity index (χ0n) is 14.8. The third kappa shape index (κ3) is 4.32. The summed E-state index contributed by atoms with van der Waals surface area (Å²) in [7, 11) is 0. The van der Waals surface area contributed by atoms with E-state index < -0.39 is 11.9 Å². The van der Waals surface area contributed by atoms with Crippen molar-refractivity contribution in [3.63, 3.8) is 0 Å². The fourth-order valence-electron chi connectivity index (χ4n) is 3.13. The van der Waals surface area contributed by atoms with Crippen molar-refractivity contribution in [1.29, 1.82) is 0 Å². The molecule has 0 radical (unpaired) electrons. The molecule has 1 amide bonds. The predicted molar refractivity (Wildman–Crippen MR) is 96.5 cm³/mol. The Labute approximate surface area is 152 Å². The molecule has 1 aromatic carbocycles. The number of rotatable bonds is 7. The highest BCUT2D eigenvalue weighted by atomic mass is 16.5. The molecule has 1 fully saturated rings. The number of carbonyl (C=O) groups excluding carboxylic acids is 1. The first-order valence-corrected chi connectivity index (χ1v) is 8.94. The Morgan fingerprint density at radius 3 is 2.50 bits per heavy atom. The Bertz CT molecular complexity index is 772. The number of anilines is 1. The fourth-order valence-corrected chi connectivity index (χ4v) is 3.13. The van der Waals surface area contributed by atoms with Crippen LogP contribution in [0.1, 0.15) is 64.8 Å². The standard InChI is InChI=1S/C20H23NO5/c1-2-17-16(20(23)24)11-18(26-17)19(22)21-14-9-7-13(8-10-14)12-25-15-5-3-4-6-15/h7-11,15H,2-6,12H2,1H3,(H,21,22)(H,23,24). The molecule has 2 N–H and O–H groups in total. The lowest BCUT2D eigenvalue weighted by Crippen LogP contribution is -2.11. The SMILES string of the molecule is CCc1oc(C(=O)Nc2ccc(COC3CCCC3)cc2)cc1C(=O)O. The summed E-state index contributed by atoms with van der Waals surface area (Å²) in [6.07, 6.45) is 5.52. The van der Waals surface area contributed by atoms with Gasteiger partial charge in [0.2, 0.25) is 0 Å². The number of nitrogens with one attached hydrogen (secondary N) is 1. The first kappa shape index (κ1) is 18.2. The number of hydrogen-bond donors (Lipinski definition) is 2. The maximum atomic E-state index is 12.3. The van der Waals surface area contributed by atoms with E-state index in [4.69, 9.17) is 14.3 Å². The molecule has 26 heavy (non-hydrogen) atoms. The molecule has 1 aromatic heterocycles. The summed E-state index contributed by atoms with van der Waals surface area (Å²) >= 11 is 0. The number of ether oxygens (including phenoxy) is 1. The molecule has 138 valence electrons. The lowest BCUT2D eigenvalue weighted by Gasteiger charge is -2.11. The number of aromatic carboxylic acids is 1. The molecule has 3 rings (SSSR count). The lowest BCUT2D eigenvalue weighted by molar-refractivity contribution is 0.0457. The van der Waals surface area contributed by atoms with Gasteiger partial charge in [-0.2, -0.15) is 0 Å². The molecule has 1 saturated carbocycles. The lowest BCUT2D eigenvalue weighted by atomic mass is 10.2. The van der Waals surface area contributed by atoms with E-state index in [1.165, 1.54) is 18.9 Å². The summed E-state index contributed by atoms with van der Waals surface area (Å²) in [5.41, 5.74) is 1.69. The Kier molecular flexibility index (Phi) is 5.73. The molecule has 6 heteroatoms. The van der Waals surface area contributed by atoms with E-state index in [0.29, 0.717) is 30.6 Å². The van der Waals surface area contributed by atoms with Crippen LogP contribution in [0.5, 0.6) is 0 Å². The second kappa shape index (κ2) is 8.19. The fraction of sp³-hybridized carbons (Fsp3) is 0.400. The minimum absolute atomic E-state index is 0.00658. The molecule has 0 bridgehead atoms. The molecule has 0 unspecified atom stereocenters. The first-order valence-electron chi connectivity index (χ1n) is 8.94. The summed E-state index contributed by atoms with van der Waals surface area (Å²) in [6, 6.07) is 8.68. The number of aryl methyl sites for hydroxylation is 1. The van der Waals surface area contributed by atoms with Crippen LogP contribution in [0, 0.1) is 0 Å². The van der Waals surface area contributed by atoms with Gasteiger partial charge in [0.25, 0.3) is 5.91 Å². The van der Waals surface area contributed by atoms with E-state index in [2.05, 4.69) is 5.32 Å². The summed E-state index contributed by atoms with van der Waals surface area (Å²) in [5.74, 6) is -1.28. The van der Waals surface area contributed by atoms with Crippen LogP contribution in [0.4, 0.5) is 5.69 Å². The molecule has 0 saturated heterocycles. The first-order chi connectivity index (χ1) is 12.6. The average molecular weight is 357 g/mol. The second-order valence-corrected chi connectivity index (χ2v) is 6.47. The summed E-state index contributed by atoms with van der Waals surface area (Å²) in [4.78, 5) is 23.4. The van der Waals surface area contributed by atoms with Crippen molar-refractivity contribution < 1.29 is 23.8 Å². The molecule has 2 aromatic rings. The van der Waals surface area contributed by atoms with Crippen molar-refractivity contribution in [2.24, 2.45) is 0 Å². The van der Waals surface area contributed by atoms with Crippen molar-refractivity contribution >= 4 is 17.6 Å². The molecular weight excluding hydrogens is 334 g/mol. The van der Waals surface area contributed by atoms with Crippen LogP contribution in [0.25, 0.3) is 0 Å². The zero-order chi connectivity index (χ0) is 18.5. The third-order valence-electron chi connectivity index (χ3n) is 4.58. The minimum atomic E-state index is -1.10. The van der Waals surface area contributed by atoms with Crippen LogP contribution in [0.3, 0.4) is 0 Å². The van der Waals surface area contributed by atoms with Gasteiger partial charge in [-0.05, 0) is 30.5 Å². The molecule has 1 aliphatic carbocycles. The zero-order valence-corrected chi connectivity index (χ0v) is 14.8. The molecule has 1 aliphatic rings. The molecule has 6 nitrogen and oxygen atoms in total. The van der Waals surface area contributed by atoms with Crippen molar-refractivity contribution in [1.82, 2.24) is 0 Å².